The van der Waals surface area contributed by atoms with Crippen molar-refractivity contribution in [2.45, 2.75) is 50.7 Å². The van der Waals surface area contributed by atoms with E-state index in [1.54, 1.807) is 0 Å². The van der Waals surface area contributed by atoms with Crippen molar-refractivity contribution >= 4 is 0 Å². The van der Waals surface area contributed by atoms with Gasteiger partial charge in [0.1, 0.15) is 24.4 Å². The summed E-state index contributed by atoms with van der Waals surface area (Å²) in [5.74, 6) is 0. The Kier molecular flexibility index (Phi) is 8.67. The van der Waals surface area contributed by atoms with Gasteiger partial charge >= 0.3 is 0 Å². The molecule has 0 radical (unpaired) electrons. The van der Waals surface area contributed by atoms with Crippen LogP contribution < -0.4 is 5.32 Å². The first-order valence-electron chi connectivity index (χ1n) is 6.35. The number of rotatable bonds is 9. The van der Waals surface area contributed by atoms with Gasteiger partial charge in [-0.3, -0.25) is 0 Å². The predicted octanol–water partition coefficient (Wildman–Crippen LogP) is -2.17. The number of hydrogen-bond donors (Lipinski definition) is 6. The minimum atomic E-state index is -1.61. The van der Waals surface area contributed by atoms with Gasteiger partial charge in [0.05, 0.1) is 19.8 Å². The highest BCUT2D eigenvalue weighted by molar-refractivity contribution is 4.80. The Morgan fingerprint density at radius 1 is 1.00 bits per heavy atom. The minimum Gasteiger partial charge on any atom is -0.394 e. The molecule has 116 valence electrons. The second-order valence-corrected chi connectivity index (χ2v) is 5.55. The van der Waals surface area contributed by atoms with E-state index in [1.165, 1.54) is 0 Å². The Balaban J connectivity index is 3.82. The van der Waals surface area contributed by atoms with Crippen molar-refractivity contribution < 1.29 is 30.3 Å². The SMILES string of the molecule is CC(C)(C)NCCOCC(O)[C@@H](O)[C@H](O)C(O)CO. The van der Waals surface area contributed by atoms with Crippen LogP contribution in [-0.2, 0) is 4.74 Å². The quantitative estimate of drug-likeness (QED) is 0.266. The van der Waals surface area contributed by atoms with Gasteiger partial charge in [-0.15, -0.1) is 0 Å². The van der Waals surface area contributed by atoms with Gasteiger partial charge in [-0.1, -0.05) is 0 Å². The number of hydrogen-bond acceptors (Lipinski definition) is 7. The lowest BCUT2D eigenvalue weighted by Crippen LogP contribution is -2.47. The van der Waals surface area contributed by atoms with Crippen molar-refractivity contribution in [2.75, 3.05) is 26.4 Å². The second-order valence-electron chi connectivity index (χ2n) is 5.55. The third kappa shape index (κ3) is 8.48. The van der Waals surface area contributed by atoms with Gasteiger partial charge in [-0.2, -0.15) is 0 Å². The van der Waals surface area contributed by atoms with Crippen LogP contribution in [0.25, 0.3) is 0 Å². The third-order valence-electron chi connectivity index (χ3n) is 2.52. The van der Waals surface area contributed by atoms with Crippen molar-refractivity contribution in [1.82, 2.24) is 5.32 Å². The molecule has 7 nitrogen and oxygen atoms in total. The van der Waals surface area contributed by atoms with E-state index in [1.807, 2.05) is 20.8 Å². The van der Waals surface area contributed by atoms with Crippen LogP contribution in [0.4, 0.5) is 0 Å². The summed E-state index contributed by atoms with van der Waals surface area (Å²) in [7, 11) is 0. The van der Waals surface area contributed by atoms with Crippen LogP contribution >= 0.6 is 0 Å². The van der Waals surface area contributed by atoms with E-state index in [0.717, 1.165) is 0 Å². The molecular weight excluding hydrogens is 254 g/mol. The zero-order valence-corrected chi connectivity index (χ0v) is 11.8. The van der Waals surface area contributed by atoms with Gasteiger partial charge in [0.2, 0.25) is 0 Å². The smallest absolute Gasteiger partial charge is 0.111 e. The summed E-state index contributed by atoms with van der Waals surface area (Å²) in [4.78, 5) is 0. The lowest BCUT2D eigenvalue weighted by molar-refractivity contribution is -0.128. The molecule has 2 unspecified atom stereocenters. The van der Waals surface area contributed by atoms with Gasteiger partial charge in [-0.05, 0) is 20.8 Å². The van der Waals surface area contributed by atoms with E-state index in [9.17, 15) is 15.3 Å². The van der Waals surface area contributed by atoms with Crippen LogP contribution in [-0.4, -0.2) is 81.9 Å². The molecule has 0 spiro atoms. The fourth-order valence-corrected chi connectivity index (χ4v) is 1.36. The molecule has 0 saturated carbocycles. The Bertz CT molecular complexity index is 233. The van der Waals surface area contributed by atoms with Crippen molar-refractivity contribution in [1.29, 1.82) is 0 Å². The first-order valence-corrected chi connectivity index (χ1v) is 6.35. The molecule has 0 aliphatic rings. The topological polar surface area (TPSA) is 122 Å². The van der Waals surface area contributed by atoms with Crippen molar-refractivity contribution in [2.24, 2.45) is 0 Å². The Labute approximate surface area is 113 Å². The zero-order chi connectivity index (χ0) is 15.1. The molecular formula is C12H27NO6. The largest absolute Gasteiger partial charge is 0.394 e. The van der Waals surface area contributed by atoms with Crippen LogP contribution in [0.5, 0.6) is 0 Å². The molecule has 0 heterocycles. The summed E-state index contributed by atoms with van der Waals surface area (Å²) >= 11 is 0. The summed E-state index contributed by atoms with van der Waals surface area (Å²) in [6.07, 6.45) is -6.01. The molecule has 0 aliphatic carbocycles. The molecule has 4 atom stereocenters. The van der Waals surface area contributed by atoms with E-state index in [2.05, 4.69) is 5.32 Å². The van der Waals surface area contributed by atoms with Crippen molar-refractivity contribution in [3.05, 3.63) is 0 Å². The van der Waals surface area contributed by atoms with E-state index in [0.29, 0.717) is 13.2 Å². The highest BCUT2D eigenvalue weighted by Gasteiger charge is 2.29. The highest BCUT2D eigenvalue weighted by atomic mass is 16.5. The van der Waals surface area contributed by atoms with Crippen LogP contribution in [0.15, 0.2) is 0 Å². The third-order valence-corrected chi connectivity index (χ3v) is 2.52. The normalized spacial score (nSPS) is 18.9. The minimum absolute atomic E-state index is 0.0249. The molecule has 0 aliphatic heterocycles. The van der Waals surface area contributed by atoms with Gasteiger partial charge in [0.25, 0.3) is 0 Å². The summed E-state index contributed by atoms with van der Waals surface area (Å²) < 4.78 is 5.15. The Morgan fingerprint density at radius 2 is 1.53 bits per heavy atom. The van der Waals surface area contributed by atoms with E-state index >= 15 is 0 Å². The van der Waals surface area contributed by atoms with E-state index < -0.39 is 31.0 Å². The molecule has 0 aromatic heterocycles. The maximum Gasteiger partial charge on any atom is 0.111 e. The molecule has 0 fully saturated rings. The molecule has 0 amide bonds. The number of ether oxygens (including phenoxy) is 1. The molecule has 6 N–H and O–H groups in total. The molecule has 0 bridgehead atoms. The van der Waals surface area contributed by atoms with Crippen LogP contribution in [0, 0.1) is 0 Å². The second kappa shape index (κ2) is 8.80. The average Bonchev–Trinajstić information content (AvgIpc) is 2.33. The standard InChI is InChI=1S/C12H27NO6/c1-12(2,3)13-4-5-19-7-9(16)11(18)10(17)8(15)6-14/h8-11,13-18H,4-7H2,1-3H3/t8?,9?,10-,11-/m1/s1. The number of nitrogens with one attached hydrogen (secondary N) is 1. The fourth-order valence-electron chi connectivity index (χ4n) is 1.36. The first kappa shape index (κ1) is 18.7. The van der Waals surface area contributed by atoms with Gasteiger partial charge in [-0.25, -0.2) is 0 Å². The van der Waals surface area contributed by atoms with Crippen molar-refractivity contribution in [3.8, 4) is 0 Å². The molecule has 0 aromatic carbocycles. The molecule has 19 heavy (non-hydrogen) atoms. The zero-order valence-electron chi connectivity index (χ0n) is 11.8. The van der Waals surface area contributed by atoms with Crippen LogP contribution in [0.1, 0.15) is 20.8 Å². The van der Waals surface area contributed by atoms with Crippen molar-refractivity contribution in [3.63, 3.8) is 0 Å². The van der Waals surface area contributed by atoms with Gasteiger partial charge in [0.15, 0.2) is 0 Å². The monoisotopic (exact) mass is 281 g/mol. The summed E-state index contributed by atoms with van der Waals surface area (Å²) in [5.41, 5.74) is -0.0249. The van der Waals surface area contributed by atoms with E-state index in [4.69, 9.17) is 14.9 Å². The van der Waals surface area contributed by atoms with E-state index in [-0.39, 0.29) is 12.1 Å². The number of aliphatic hydroxyl groups excluding tert-OH is 5. The Hall–Kier alpha value is -0.280. The molecule has 0 saturated heterocycles. The van der Waals surface area contributed by atoms with Gasteiger partial charge in [0, 0.05) is 12.1 Å². The summed E-state index contributed by atoms with van der Waals surface area (Å²) in [6, 6.07) is 0. The fraction of sp³-hybridized carbons (Fsp3) is 1.00. The van der Waals surface area contributed by atoms with Gasteiger partial charge < -0.3 is 35.6 Å². The van der Waals surface area contributed by atoms with Crippen LogP contribution in [0.2, 0.25) is 0 Å². The van der Waals surface area contributed by atoms with Crippen LogP contribution in [0.3, 0.4) is 0 Å². The molecule has 0 rings (SSSR count). The highest BCUT2D eigenvalue weighted by Crippen LogP contribution is 2.05. The lowest BCUT2D eigenvalue weighted by Gasteiger charge is -2.25. The first-order chi connectivity index (χ1) is 8.69. The maximum atomic E-state index is 9.54. The average molecular weight is 281 g/mol. The number of aliphatic hydroxyl groups is 5. The summed E-state index contributed by atoms with van der Waals surface area (Å²) in [5, 5.41) is 49.4. The molecule has 0 aromatic rings. The maximum absolute atomic E-state index is 9.54. The summed E-state index contributed by atoms with van der Waals surface area (Å²) in [6.45, 7) is 6.12. The Morgan fingerprint density at radius 3 is 2.00 bits per heavy atom. The predicted molar refractivity (Wildman–Crippen MR) is 69.7 cm³/mol. The molecule has 7 heteroatoms. The lowest BCUT2D eigenvalue weighted by atomic mass is 10.0.